The van der Waals surface area contributed by atoms with Gasteiger partial charge in [-0.15, -0.1) is 11.6 Å². The Morgan fingerprint density at radius 3 is 2.56 bits per heavy atom. The molecule has 0 saturated heterocycles. The van der Waals surface area contributed by atoms with E-state index < -0.39 is 0 Å². The van der Waals surface area contributed by atoms with Crippen LogP contribution in [-0.2, 0) is 4.79 Å². The average Bonchev–Trinajstić information content (AvgIpc) is 2.29. The number of halogens is 1. The van der Waals surface area contributed by atoms with Crippen LogP contribution in [0.2, 0.25) is 0 Å². The zero-order valence-corrected chi connectivity index (χ0v) is 11.2. The Hall–Kier alpha value is -0.240. The van der Waals surface area contributed by atoms with Crippen LogP contribution in [0.1, 0.15) is 58.8 Å². The lowest BCUT2D eigenvalue weighted by Gasteiger charge is -2.25. The first-order valence-corrected chi connectivity index (χ1v) is 7.03. The fraction of sp³-hybridized carbons (Fsp3) is 0.923. The van der Waals surface area contributed by atoms with E-state index in [2.05, 4.69) is 19.2 Å². The average molecular weight is 246 g/mol. The van der Waals surface area contributed by atoms with Crippen molar-refractivity contribution in [2.75, 3.05) is 0 Å². The van der Waals surface area contributed by atoms with Crippen LogP contribution in [-0.4, -0.2) is 17.3 Å². The van der Waals surface area contributed by atoms with Gasteiger partial charge < -0.3 is 5.32 Å². The molecule has 16 heavy (non-hydrogen) atoms. The summed E-state index contributed by atoms with van der Waals surface area (Å²) in [6.45, 7) is 4.18. The van der Waals surface area contributed by atoms with Gasteiger partial charge in [0.25, 0.3) is 0 Å². The standard InChI is InChI=1S/C13H24ClNO/c1-3-7-10(2)12(14)13(16)15-11-8-5-4-6-9-11/h10-12H,3-9H2,1-2H3,(H,15,16). The second-order valence-corrected chi connectivity index (χ2v) is 5.48. The van der Waals surface area contributed by atoms with Crippen molar-refractivity contribution >= 4 is 17.5 Å². The first-order chi connectivity index (χ1) is 7.65. The molecule has 1 aliphatic carbocycles. The number of hydrogen-bond donors (Lipinski definition) is 1. The summed E-state index contributed by atoms with van der Waals surface area (Å²) in [5.41, 5.74) is 0. The number of alkyl halides is 1. The normalized spacial score (nSPS) is 21.4. The largest absolute Gasteiger partial charge is 0.352 e. The topological polar surface area (TPSA) is 29.1 Å². The van der Waals surface area contributed by atoms with Crippen molar-refractivity contribution in [1.82, 2.24) is 5.32 Å². The van der Waals surface area contributed by atoms with Crippen molar-refractivity contribution < 1.29 is 4.79 Å². The third-order valence-corrected chi connectivity index (χ3v) is 4.07. The quantitative estimate of drug-likeness (QED) is 0.739. The Balaban J connectivity index is 2.32. The van der Waals surface area contributed by atoms with Gasteiger partial charge in [-0.1, -0.05) is 39.5 Å². The smallest absolute Gasteiger partial charge is 0.238 e. The van der Waals surface area contributed by atoms with Gasteiger partial charge >= 0.3 is 0 Å². The van der Waals surface area contributed by atoms with Crippen molar-refractivity contribution in [2.45, 2.75) is 70.2 Å². The first kappa shape index (κ1) is 13.8. The molecule has 1 aliphatic rings. The van der Waals surface area contributed by atoms with Crippen molar-refractivity contribution in [1.29, 1.82) is 0 Å². The van der Waals surface area contributed by atoms with E-state index in [9.17, 15) is 4.79 Å². The molecule has 0 radical (unpaired) electrons. The molecule has 0 aromatic heterocycles. The van der Waals surface area contributed by atoms with E-state index in [0.29, 0.717) is 6.04 Å². The number of nitrogens with one attached hydrogen (secondary N) is 1. The molecule has 0 spiro atoms. The molecule has 0 bridgehead atoms. The van der Waals surface area contributed by atoms with Crippen LogP contribution < -0.4 is 5.32 Å². The molecule has 2 atom stereocenters. The Labute approximate surface area is 104 Å². The number of carbonyl (C=O) groups is 1. The van der Waals surface area contributed by atoms with E-state index in [1.807, 2.05) is 0 Å². The lowest BCUT2D eigenvalue weighted by molar-refractivity contribution is -0.122. The zero-order valence-electron chi connectivity index (χ0n) is 10.5. The fourth-order valence-electron chi connectivity index (χ4n) is 2.39. The maximum absolute atomic E-state index is 11.9. The van der Waals surface area contributed by atoms with Crippen LogP contribution in [0.15, 0.2) is 0 Å². The molecule has 1 N–H and O–H groups in total. The molecule has 1 rings (SSSR count). The molecule has 0 aromatic carbocycles. The minimum Gasteiger partial charge on any atom is -0.352 e. The van der Waals surface area contributed by atoms with E-state index in [1.54, 1.807) is 0 Å². The molecular formula is C13H24ClNO. The monoisotopic (exact) mass is 245 g/mol. The zero-order chi connectivity index (χ0) is 12.0. The lowest BCUT2D eigenvalue weighted by atomic mass is 9.94. The van der Waals surface area contributed by atoms with Gasteiger partial charge in [0.1, 0.15) is 5.38 Å². The summed E-state index contributed by atoms with van der Waals surface area (Å²) in [4.78, 5) is 11.9. The molecule has 1 amide bonds. The summed E-state index contributed by atoms with van der Waals surface area (Å²) in [5, 5.41) is 2.73. The highest BCUT2D eigenvalue weighted by Gasteiger charge is 2.24. The van der Waals surface area contributed by atoms with Gasteiger partial charge in [0.2, 0.25) is 5.91 Å². The number of amides is 1. The van der Waals surface area contributed by atoms with Gasteiger partial charge in [0.05, 0.1) is 0 Å². The van der Waals surface area contributed by atoms with Crippen molar-refractivity contribution in [3.05, 3.63) is 0 Å². The molecular weight excluding hydrogens is 222 g/mol. The van der Waals surface area contributed by atoms with Crippen LogP contribution in [0.3, 0.4) is 0 Å². The molecule has 1 saturated carbocycles. The van der Waals surface area contributed by atoms with Gasteiger partial charge in [-0.05, 0) is 25.2 Å². The Bertz CT molecular complexity index is 214. The fourth-order valence-corrected chi connectivity index (χ4v) is 2.58. The number of rotatable bonds is 5. The Morgan fingerprint density at radius 2 is 2.00 bits per heavy atom. The third kappa shape index (κ3) is 4.32. The minimum atomic E-state index is -0.359. The highest BCUT2D eigenvalue weighted by Crippen LogP contribution is 2.20. The SMILES string of the molecule is CCCC(C)C(Cl)C(=O)NC1CCCCC1. The van der Waals surface area contributed by atoms with Crippen LogP contribution >= 0.6 is 11.6 Å². The van der Waals surface area contributed by atoms with Gasteiger partial charge in [0.15, 0.2) is 0 Å². The van der Waals surface area contributed by atoms with Crippen molar-refractivity contribution in [3.8, 4) is 0 Å². The number of carbonyl (C=O) groups excluding carboxylic acids is 1. The van der Waals surface area contributed by atoms with Crippen molar-refractivity contribution in [3.63, 3.8) is 0 Å². The number of hydrogen-bond acceptors (Lipinski definition) is 1. The second-order valence-electron chi connectivity index (χ2n) is 5.01. The maximum atomic E-state index is 11.9. The molecule has 2 nitrogen and oxygen atoms in total. The highest BCUT2D eigenvalue weighted by molar-refractivity contribution is 6.30. The molecule has 1 fully saturated rings. The van der Waals surface area contributed by atoms with E-state index in [-0.39, 0.29) is 17.2 Å². The summed E-state index contributed by atoms with van der Waals surface area (Å²) < 4.78 is 0. The van der Waals surface area contributed by atoms with Crippen LogP contribution in [0.25, 0.3) is 0 Å². The molecule has 3 heteroatoms. The van der Waals surface area contributed by atoms with Gasteiger partial charge in [-0.3, -0.25) is 4.79 Å². The molecule has 0 heterocycles. The predicted octanol–water partition coefficient (Wildman–Crippen LogP) is 3.48. The van der Waals surface area contributed by atoms with E-state index >= 15 is 0 Å². The summed E-state index contributed by atoms with van der Waals surface area (Å²) in [7, 11) is 0. The van der Waals surface area contributed by atoms with Crippen LogP contribution in [0.4, 0.5) is 0 Å². The second kappa shape index (κ2) is 7.16. The molecule has 94 valence electrons. The molecule has 0 aliphatic heterocycles. The van der Waals surface area contributed by atoms with Crippen LogP contribution in [0, 0.1) is 5.92 Å². The van der Waals surface area contributed by atoms with E-state index in [0.717, 1.165) is 25.7 Å². The maximum Gasteiger partial charge on any atom is 0.238 e. The molecule has 2 unspecified atom stereocenters. The van der Waals surface area contributed by atoms with Gasteiger partial charge in [-0.25, -0.2) is 0 Å². The summed E-state index contributed by atoms with van der Waals surface area (Å²) >= 11 is 6.17. The predicted molar refractivity (Wildman–Crippen MR) is 68.7 cm³/mol. The Kier molecular flexibility index (Phi) is 6.18. The van der Waals surface area contributed by atoms with Crippen molar-refractivity contribution in [2.24, 2.45) is 5.92 Å². The van der Waals surface area contributed by atoms with E-state index in [1.165, 1.54) is 19.3 Å². The van der Waals surface area contributed by atoms with Crippen LogP contribution in [0.5, 0.6) is 0 Å². The molecule has 0 aromatic rings. The van der Waals surface area contributed by atoms with E-state index in [4.69, 9.17) is 11.6 Å². The lowest BCUT2D eigenvalue weighted by Crippen LogP contribution is -2.42. The third-order valence-electron chi connectivity index (χ3n) is 3.45. The Morgan fingerprint density at radius 1 is 1.38 bits per heavy atom. The summed E-state index contributed by atoms with van der Waals surface area (Å²) in [5.74, 6) is 0.310. The summed E-state index contributed by atoms with van der Waals surface area (Å²) in [6.07, 6.45) is 8.14. The summed E-state index contributed by atoms with van der Waals surface area (Å²) in [6, 6.07) is 0.372. The van der Waals surface area contributed by atoms with Gasteiger partial charge in [-0.2, -0.15) is 0 Å². The van der Waals surface area contributed by atoms with Gasteiger partial charge in [0, 0.05) is 6.04 Å². The minimum absolute atomic E-state index is 0.0366. The highest BCUT2D eigenvalue weighted by atomic mass is 35.5. The first-order valence-electron chi connectivity index (χ1n) is 6.59.